The fourth-order valence-corrected chi connectivity index (χ4v) is 1.64. The number of para-hydroxylation sites is 1. The summed E-state index contributed by atoms with van der Waals surface area (Å²) in [4.78, 5) is 16.1. The van der Waals surface area contributed by atoms with Gasteiger partial charge in [-0.1, -0.05) is 51.4 Å². The third-order valence-electron chi connectivity index (χ3n) is 2.33. The number of oxime groups is 1. The van der Waals surface area contributed by atoms with Crippen LogP contribution in [0.5, 0.6) is 5.75 Å². The van der Waals surface area contributed by atoms with E-state index in [1.54, 1.807) is 12.1 Å². The molecule has 0 N–H and O–H groups in total. The summed E-state index contributed by atoms with van der Waals surface area (Å²) in [6, 6.07) is 16.5. The van der Waals surface area contributed by atoms with Crippen LogP contribution >= 0.6 is 15.9 Å². The molecular weight excluding hydrogens is 322 g/mol. The fourth-order valence-electron chi connectivity index (χ4n) is 1.38. The maximum Gasteiger partial charge on any atom is 0.372 e. The minimum absolute atomic E-state index is 0.179. The summed E-state index contributed by atoms with van der Waals surface area (Å²) < 4.78 is 6.21. The van der Waals surface area contributed by atoms with Gasteiger partial charge in [-0.2, -0.15) is 0 Å². The third kappa shape index (κ3) is 4.85. The molecule has 2 aromatic rings. The highest BCUT2D eigenvalue weighted by Crippen LogP contribution is 2.09. The molecule has 5 heteroatoms. The second kappa shape index (κ2) is 7.45. The van der Waals surface area contributed by atoms with E-state index in [1.165, 1.54) is 6.21 Å². The predicted octanol–water partition coefficient (Wildman–Crippen LogP) is 3.41. The van der Waals surface area contributed by atoms with Crippen LogP contribution in [0.15, 0.2) is 64.2 Å². The first-order chi connectivity index (χ1) is 9.74. The lowest BCUT2D eigenvalue weighted by atomic mass is 10.2. The van der Waals surface area contributed by atoms with Gasteiger partial charge in [0, 0.05) is 4.47 Å². The Morgan fingerprint density at radius 1 is 1.10 bits per heavy atom. The molecule has 0 aliphatic carbocycles. The molecule has 0 fully saturated rings. The number of nitrogens with zero attached hydrogens (tertiary/aromatic N) is 1. The van der Waals surface area contributed by atoms with E-state index in [4.69, 9.17) is 9.57 Å². The minimum Gasteiger partial charge on any atom is -0.482 e. The van der Waals surface area contributed by atoms with Crippen molar-refractivity contribution >= 4 is 28.1 Å². The van der Waals surface area contributed by atoms with Gasteiger partial charge in [0.05, 0.1) is 6.21 Å². The molecule has 20 heavy (non-hydrogen) atoms. The van der Waals surface area contributed by atoms with Crippen LogP contribution in [-0.2, 0) is 9.63 Å². The van der Waals surface area contributed by atoms with Gasteiger partial charge in [-0.05, 0) is 29.8 Å². The Labute approximate surface area is 125 Å². The van der Waals surface area contributed by atoms with Gasteiger partial charge in [-0.15, -0.1) is 0 Å². The van der Waals surface area contributed by atoms with Crippen molar-refractivity contribution in [3.8, 4) is 5.75 Å². The van der Waals surface area contributed by atoms with E-state index in [0.717, 1.165) is 10.0 Å². The molecule has 0 aliphatic rings. The Kier molecular flexibility index (Phi) is 5.32. The second-order valence-corrected chi connectivity index (χ2v) is 4.77. The average molecular weight is 334 g/mol. The monoisotopic (exact) mass is 333 g/mol. The van der Waals surface area contributed by atoms with E-state index in [1.807, 2.05) is 42.5 Å². The molecule has 0 spiro atoms. The van der Waals surface area contributed by atoms with Crippen molar-refractivity contribution < 1.29 is 14.4 Å². The Morgan fingerprint density at radius 2 is 1.80 bits per heavy atom. The Bertz CT molecular complexity index is 582. The van der Waals surface area contributed by atoms with Crippen LogP contribution in [0.25, 0.3) is 0 Å². The zero-order valence-electron chi connectivity index (χ0n) is 10.5. The highest BCUT2D eigenvalue weighted by molar-refractivity contribution is 9.10. The van der Waals surface area contributed by atoms with Crippen molar-refractivity contribution in [1.29, 1.82) is 0 Å². The summed E-state index contributed by atoms with van der Waals surface area (Å²) in [6.07, 6.45) is 1.47. The summed E-state index contributed by atoms with van der Waals surface area (Å²) in [5, 5.41) is 3.61. The van der Waals surface area contributed by atoms with Crippen LogP contribution < -0.4 is 4.74 Å². The number of carbonyl (C=O) groups excluding carboxylic acids is 1. The smallest absolute Gasteiger partial charge is 0.372 e. The van der Waals surface area contributed by atoms with Crippen molar-refractivity contribution in [1.82, 2.24) is 0 Å². The number of hydrogen-bond donors (Lipinski definition) is 0. The molecule has 0 unspecified atom stereocenters. The zero-order chi connectivity index (χ0) is 14.2. The zero-order valence-corrected chi connectivity index (χ0v) is 12.1. The first-order valence-electron chi connectivity index (χ1n) is 5.91. The van der Waals surface area contributed by atoms with E-state index >= 15 is 0 Å². The molecule has 2 rings (SSSR count). The largest absolute Gasteiger partial charge is 0.482 e. The van der Waals surface area contributed by atoms with Gasteiger partial charge in [0.1, 0.15) is 5.75 Å². The number of ether oxygens (including phenoxy) is 1. The van der Waals surface area contributed by atoms with E-state index < -0.39 is 5.97 Å². The lowest BCUT2D eigenvalue weighted by molar-refractivity contribution is -0.145. The van der Waals surface area contributed by atoms with Gasteiger partial charge >= 0.3 is 5.97 Å². The Hall–Kier alpha value is -2.14. The minimum atomic E-state index is -0.554. The topological polar surface area (TPSA) is 47.9 Å². The first-order valence-corrected chi connectivity index (χ1v) is 6.70. The first kappa shape index (κ1) is 14.3. The molecule has 0 heterocycles. The van der Waals surface area contributed by atoms with E-state index in [2.05, 4.69) is 21.1 Å². The molecule has 0 atom stereocenters. The average Bonchev–Trinajstić information content (AvgIpc) is 2.48. The molecule has 0 aliphatic heterocycles. The van der Waals surface area contributed by atoms with Crippen LogP contribution in [0, 0.1) is 0 Å². The molecule has 0 bridgehead atoms. The van der Waals surface area contributed by atoms with E-state index in [9.17, 15) is 4.79 Å². The quantitative estimate of drug-likeness (QED) is 0.478. The van der Waals surface area contributed by atoms with E-state index in [-0.39, 0.29) is 6.61 Å². The van der Waals surface area contributed by atoms with Crippen molar-refractivity contribution in [3.63, 3.8) is 0 Å². The van der Waals surface area contributed by atoms with Gasteiger partial charge in [-0.3, -0.25) is 0 Å². The fraction of sp³-hybridized carbons (Fsp3) is 0.0667. The number of hydrogen-bond acceptors (Lipinski definition) is 4. The lowest BCUT2D eigenvalue weighted by Crippen LogP contribution is -2.12. The number of rotatable bonds is 5. The molecule has 4 nitrogen and oxygen atoms in total. The van der Waals surface area contributed by atoms with Gasteiger partial charge in [-0.25, -0.2) is 4.79 Å². The third-order valence-corrected chi connectivity index (χ3v) is 2.85. The van der Waals surface area contributed by atoms with Crippen LogP contribution in [-0.4, -0.2) is 18.8 Å². The van der Waals surface area contributed by atoms with Gasteiger partial charge in [0.15, 0.2) is 6.61 Å². The van der Waals surface area contributed by atoms with Gasteiger partial charge < -0.3 is 9.57 Å². The summed E-state index contributed by atoms with van der Waals surface area (Å²) in [6.45, 7) is -0.179. The van der Waals surface area contributed by atoms with Crippen molar-refractivity contribution in [2.75, 3.05) is 6.61 Å². The number of halogens is 1. The summed E-state index contributed by atoms with van der Waals surface area (Å²) >= 11 is 3.33. The maximum atomic E-state index is 11.4. The summed E-state index contributed by atoms with van der Waals surface area (Å²) in [5.74, 6) is 0.0588. The molecule has 0 aromatic heterocycles. The number of carbonyl (C=O) groups is 1. The molecule has 2 aromatic carbocycles. The Balaban J connectivity index is 1.76. The molecule has 102 valence electrons. The standard InChI is InChI=1S/C15H12BrNO3/c16-13-8-6-12(7-9-13)10-17-20-15(18)11-19-14-4-2-1-3-5-14/h1-10H,11H2/b17-10-. The predicted molar refractivity (Wildman–Crippen MR) is 79.8 cm³/mol. The highest BCUT2D eigenvalue weighted by atomic mass is 79.9. The molecule has 0 amide bonds. The highest BCUT2D eigenvalue weighted by Gasteiger charge is 2.03. The maximum absolute atomic E-state index is 11.4. The SMILES string of the molecule is O=C(COc1ccccc1)O/N=C\c1ccc(Br)cc1. The molecule has 0 saturated carbocycles. The van der Waals surface area contributed by atoms with Crippen LogP contribution in [0.2, 0.25) is 0 Å². The van der Waals surface area contributed by atoms with Gasteiger partial charge in [0.2, 0.25) is 0 Å². The lowest BCUT2D eigenvalue weighted by Gasteiger charge is -2.02. The molecule has 0 saturated heterocycles. The van der Waals surface area contributed by atoms with Crippen molar-refractivity contribution in [2.24, 2.45) is 5.16 Å². The van der Waals surface area contributed by atoms with Gasteiger partial charge in [0.25, 0.3) is 0 Å². The molecular formula is C15H12BrNO3. The molecule has 0 radical (unpaired) electrons. The van der Waals surface area contributed by atoms with E-state index in [0.29, 0.717) is 5.75 Å². The number of benzene rings is 2. The summed E-state index contributed by atoms with van der Waals surface area (Å²) in [7, 11) is 0. The second-order valence-electron chi connectivity index (χ2n) is 3.85. The van der Waals surface area contributed by atoms with Crippen LogP contribution in [0.3, 0.4) is 0 Å². The summed E-state index contributed by atoms with van der Waals surface area (Å²) in [5.41, 5.74) is 0.838. The van der Waals surface area contributed by atoms with Crippen LogP contribution in [0.4, 0.5) is 0 Å². The normalized spacial score (nSPS) is 10.4. The van der Waals surface area contributed by atoms with Crippen LogP contribution in [0.1, 0.15) is 5.56 Å². The van der Waals surface area contributed by atoms with Crippen molar-refractivity contribution in [2.45, 2.75) is 0 Å². The van der Waals surface area contributed by atoms with Crippen molar-refractivity contribution in [3.05, 3.63) is 64.6 Å². The Morgan fingerprint density at radius 3 is 2.50 bits per heavy atom.